The molecule has 4 atom stereocenters. The quantitative estimate of drug-likeness (QED) is 0.312. The molecule has 0 heterocycles. The summed E-state index contributed by atoms with van der Waals surface area (Å²) in [7, 11) is 5.47. The lowest BCUT2D eigenvalue weighted by Gasteiger charge is -2.31. The van der Waals surface area contributed by atoms with Crippen LogP contribution in [0.2, 0.25) is 0 Å². The van der Waals surface area contributed by atoms with Crippen LogP contribution in [-0.2, 0) is 0 Å². The number of aliphatic hydroxyl groups is 5. The van der Waals surface area contributed by atoms with Crippen LogP contribution in [0.4, 0.5) is 0 Å². The van der Waals surface area contributed by atoms with Crippen molar-refractivity contribution in [2.45, 2.75) is 24.4 Å². The predicted octanol–water partition coefficient (Wildman–Crippen LogP) is -2.87. The van der Waals surface area contributed by atoms with Gasteiger partial charge in [-0.15, -0.1) is 0 Å². The Morgan fingerprint density at radius 2 is 1.27 bits per heavy atom. The monoisotopic (exact) mass is 224 g/mol. The standard InChI is InChI=1S/C9H22NO5/c1-10(2,3)4-6(12)8(14)9(15)7(13)5-11/h6-9,11-15H,4-5H2,1-3H3/q+1/t6-,7-,8-,9-/m1/s1. The minimum atomic E-state index is -1.54. The number of likely N-dealkylation sites (N-methyl/N-ethyl adjacent to an activating group) is 1. The molecule has 0 aromatic rings. The lowest BCUT2D eigenvalue weighted by Crippen LogP contribution is -2.52. The number of hydrogen-bond donors (Lipinski definition) is 5. The minimum absolute atomic E-state index is 0.233. The van der Waals surface area contributed by atoms with E-state index in [2.05, 4.69) is 0 Å². The number of aliphatic hydroxyl groups excluding tert-OH is 5. The number of nitrogens with zero attached hydrogens (tertiary/aromatic N) is 1. The van der Waals surface area contributed by atoms with E-state index in [1.165, 1.54) is 0 Å². The lowest BCUT2D eigenvalue weighted by molar-refractivity contribution is -0.874. The van der Waals surface area contributed by atoms with Gasteiger partial charge in [0.05, 0.1) is 27.7 Å². The molecule has 0 radical (unpaired) electrons. The first-order valence-electron chi connectivity index (χ1n) is 4.82. The van der Waals surface area contributed by atoms with Gasteiger partial charge in [0.1, 0.15) is 31.0 Å². The van der Waals surface area contributed by atoms with Crippen molar-refractivity contribution in [2.75, 3.05) is 34.3 Å². The Morgan fingerprint density at radius 3 is 1.60 bits per heavy atom. The second-order valence-corrected chi connectivity index (χ2v) is 4.77. The summed E-state index contributed by atoms with van der Waals surface area (Å²) in [6, 6.07) is 0. The van der Waals surface area contributed by atoms with E-state index in [-0.39, 0.29) is 6.54 Å². The van der Waals surface area contributed by atoms with Gasteiger partial charge in [0.25, 0.3) is 0 Å². The van der Waals surface area contributed by atoms with Crippen LogP contribution in [0.1, 0.15) is 0 Å². The molecule has 0 fully saturated rings. The Balaban J connectivity index is 4.25. The normalized spacial score (nSPS) is 20.8. The minimum Gasteiger partial charge on any atom is -0.394 e. The molecule has 0 aromatic carbocycles. The highest BCUT2D eigenvalue weighted by molar-refractivity contribution is 4.80. The third kappa shape index (κ3) is 5.41. The number of rotatable bonds is 6. The molecule has 0 saturated heterocycles. The zero-order valence-electron chi connectivity index (χ0n) is 9.41. The first-order valence-corrected chi connectivity index (χ1v) is 4.82. The van der Waals surface area contributed by atoms with Gasteiger partial charge < -0.3 is 30.0 Å². The van der Waals surface area contributed by atoms with Gasteiger partial charge in [-0.05, 0) is 0 Å². The molecule has 0 aromatic heterocycles. The van der Waals surface area contributed by atoms with Crippen LogP contribution in [-0.4, -0.2) is 88.7 Å². The van der Waals surface area contributed by atoms with Gasteiger partial charge in [-0.1, -0.05) is 0 Å². The van der Waals surface area contributed by atoms with Gasteiger partial charge in [-0.25, -0.2) is 0 Å². The maximum absolute atomic E-state index is 9.55. The van der Waals surface area contributed by atoms with E-state index in [0.29, 0.717) is 4.48 Å². The molecule has 0 aliphatic heterocycles. The van der Waals surface area contributed by atoms with E-state index in [4.69, 9.17) is 10.2 Å². The highest BCUT2D eigenvalue weighted by atomic mass is 16.4. The first-order chi connectivity index (χ1) is 6.69. The van der Waals surface area contributed by atoms with Crippen LogP contribution in [0.3, 0.4) is 0 Å². The molecular weight excluding hydrogens is 202 g/mol. The maximum atomic E-state index is 9.55. The summed E-state index contributed by atoms with van der Waals surface area (Å²) in [6.45, 7) is -0.425. The average Bonchev–Trinajstić information content (AvgIpc) is 2.11. The third-order valence-electron chi connectivity index (χ3n) is 2.06. The Bertz CT molecular complexity index is 182. The van der Waals surface area contributed by atoms with E-state index >= 15 is 0 Å². The van der Waals surface area contributed by atoms with Gasteiger partial charge in [0, 0.05) is 0 Å². The number of hydrogen-bond acceptors (Lipinski definition) is 5. The van der Waals surface area contributed by atoms with Crippen molar-refractivity contribution in [1.29, 1.82) is 0 Å². The van der Waals surface area contributed by atoms with E-state index in [1.54, 1.807) is 0 Å². The Morgan fingerprint density at radius 1 is 0.867 bits per heavy atom. The van der Waals surface area contributed by atoms with Crippen LogP contribution in [0, 0.1) is 0 Å². The summed E-state index contributed by atoms with van der Waals surface area (Å²) in [6.07, 6.45) is -5.61. The molecule has 0 aliphatic rings. The fourth-order valence-corrected chi connectivity index (χ4v) is 1.23. The maximum Gasteiger partial charge on any atom is 0.131 e. The first kappa shape index (κ1) is 14.8. The van der Waals surface area contributed by atoms with Crippen LogP contribution in [0.15, 0.2) is 0 Å². The van der Waals surface area contributed by atoms with E-state index < -0.39 is 31.0 Å². The Hall–Kier alpha value is -0.240. The SMILES string of the molecule is C[N+](C)(C)C[C@@H](O)[C@@H](O)[C@H](O)[C@H](O)CO. The Labute approximate surface area is 89.6 Å². The summed E-state index contributed by atoms with van der Waals surface area (Å²) in [5.74, 6) is 0. The summed E-state index contributed by atoms with van der Waals surface area (Å²) >= 11 is 0. The summed E-state index contributed by atoms with van der Waals surface area (Å²) in [4.78, 5) is 0. The van der Waals surface area contributed by atoms with Gasteiger partial charge in [0.15, 0.2) is 0 Å². The lowest BCUT2D eigenvalue weighted by atomic mass is 10.0. The summed E-state index contributed by atoms with van der Waals surface area (Å²) in [5, 5.41) is 46.0. The molecular formula is C9H22NO5+. The molecule has 0 amide bonds. The van der Waals surface area contributed by atoms with Crippen LogP contribution < -0.4 is 0 Å². The smallest absolute Gasteiger partial charge is 0.131 e. The second-order valence-electron chi connectivity index (χ2n) is 4.77. The fraction of sp³-hybridized carbons (Fsp3) is 1.00. The van der Waals surface area contributed by atoms with Gasteiger partial charge in [-0.2, -0.15) is 0 Å². The predicted molar refractivity (Wildman–Crippen MR) is 54.0 cm³/mol. The average molecular weight is 224 g/mol. The van der Waals surface area contributed by atoms with E-state index in [9.17, 15) is 15.3 Å². The largest absolute Gasteiger partial charge is 0.394 e. The Kier molecular flexibility index (Phi) is 5.65. The van der Waals surface area contributed by atoms with Crippen molar-refractivity contribution in [2.24, 2.45) is 0 Å². The molecule has 15 heavy (non-hydrogen) atoms. The summed E-state index contributed by atoms with van der Waals surface area (Å²) < 4.78 is 0.417. The summed E-state index contributed by atoms with van der Waals surface area (Å²) in [5.41, 5.74) is 0. The highest BCUT2D eigenvalue weighted by Gasteiger charge is 2.32. The van der Waals surface area contributed by atoms with Crippen molar-refractivity contribution >= 4 is 0 Å². The molecule has 0 aliphatic carbocycles. The molecule has 0 spiro atoms. The molecule has 6 heteroatoms. The fourth-order valence-electron chi connectivity index (χ4n) is 1.23. The molecule has 92 valence electrons. The zero-order chi connectivity index (χ0) is 12.2. The second kappa shape index (κ2) is 5.74. The molecule has 5 N–H and O–H groups in total. The van der Waals surface area contributed by atoms with Crippen molar-refractivity contribution < 1.29 is 30.0 Å². The van der Waals surface area contributed by atoms with Crippen molar-refractivity contribution in [1.82, 2.24) is 0 Å². The van der Waals surface area contributed by atoms with Crippen LogP contribution >= 0.6 is 0 Å². The van der Waals surface area contributed by atoms with Crippen molar-refractivity contribution in [3.05, 3.63) is 0 Å². The van der Waals surface area contributed by atoms with E-state index in [1.807, 2.05) is 21.1 Å². The zero-order valence-corrected chi connectivity index (χ0v) is 9.41. The molecule has 6 nitrogen and oxygen atoms in total. The third-order valence-corrected chi connectivity index (χ3v) is 2.06. The van der Waals surface area contributed by atoms with Crippen LogP contribution in [0.5, 0.6) is 0 Å². The molecule has 0 unspecified atom stereocenters. The molecule has 0 saturated carbocycles. The van der Waals surface area contributed by atoms with Gasteiger partial charge in [0.2, 0.25) is 0 Å². The highest BCUT2D eigenvalue weighted by Crippen LogP contribution is 2.07. The van der Waals surface area contributed by atoms with Gasteiger partial charge in [-0.3, -0.25) is 0 Å². The van der Waals surface area contributed by atoms with Crippen molar-refractivity contribution in [3.63, 3.8) is 0 Å². The molecule has 0 rings (SSSR count). The van der Waals surface area contributed by atoms with Gasteiger partial charge >= 0.3 is 0 Å². The van der Waals surface area contributed by atoms with Crippen LogP contribution in [0.25, 0.3) is 0 Å². The topological polar surface area (TPSA) is 101 Å². The molecule has 0 bridgehead atoms. The van der Waals surface area contributed by atoms with E-state index in [0.717, 1.165) is 0 Å². The number of quaternary nitrogens is 1. The van der Waals surface area contributed by atoms with Crippen molar-refractivity contribution in [3.8, 4) is 0 Å².